The van der Waals surface area contributed by atoms with Gasteiger partial charge in [-0.05, 0) is 50.2 Å². The quantitative estimate of drug-likeness (QED) is 0.197. The minimum absolute atomic E-state index is 0.0397. The van der Waals surface area contributed by atoms with Crippen molar-refractivity contribution < 1.29 is 19.4 Å². The maximum Gasteiger partial charge on any atom is 0.220 e. The third-order valence-electron chi connectivity index (χ3n) is 7.34. The lowest BCUT2D eigenvalue weighted by molar-refractivity contribution is -0.121. The second-order valence-corrected chi connectivity index (χ2v) is 13.3. The normalized spacial score (nSPS) is 17.3. The van der Waals surface area contributed by atoms with Gasteiger partial charge in [0.1, 0.15) is 12.0 Å². The van der Waals surface area contributed by atoms with Crippen molar-refractivity contribution in [2.75, 3.05) is 20.0 Å². The predicted molar refractivity (Wildman–Crippen MR) is 176 cm³/mol. The topological polar surface area (TPSA) is 75.6 Å². The number of carbonyl (C=O) groups excluding carboxylic acids is 2. The van der Waals surface area contributed by atoms with Gasteiger partial charge in [-0.3, -0.25) is 4.79 Å². The lowest BCUT2D eigenvalue weighted by Gasteiger charge is -2.27. The van der Waals surface area contributed by atoms with Crippen molar-refractivity contribution in [2.24, 2.45) is 17.8 Å². The number of amides is 1. The Labute approximate surface area is 254 Å². The number of rotatable bonds is 11. The molecule has 0 radical (unpaired) electrons. The molecule has 1 amide bonds. The number of ether oxygens (including phenoxy) is 1. The van der Waals surface area contributed by atoms with Crippen LogP contribution < -0.4 is 10.1 Å². The lowest BCUT2D eigenvalue weighted by atomic mass is 9.79. The summed E-state index contributed by atoms with van der Waals surface area (Å²) < 4.78 is 6.00. The molecule has 2 atom stereocenters. The molecule has 3 rings (SSSR count). The van der Waals surface area contributed by atoms with Gasteiger partial charge < -0.3 is 20.0 Å². The van der Waals surface area contributed by atoms with E-state index in [2.05, 4.69) is 19.2 Å². The molecule has 0 aliphatic heterocycles. The number of carbonyl (C=O) groups is 2. The van der Waals surface area contributed by atoms with E-state index < -0.39 is 0 Å². The fourth-order valence-electron chi connectivity index (χ4n) is 4.97. The van der Waals surface area contributed by atoms with Gasteiger partial charge in [0.15, 0.2) is 0 Å². The number of para-hydroxylation sites is 1. The number of thioether (sulfide) groups is 2. The van der Waals surface area contributed by atoms with Crippen molar-refractivity contribution in [2.45, 2.75) is 110 Å². The Hall–Kier alpha value is -1.44. The third kappa shape index (κ3) is 20.4. The number of allylic oxidation sites excluding steroid dienone is 1. The first-order valence-corrected chi connectivity index (χ1v) is 17.0. The van der Waals surface area contributed by atoms with Gasteiger partial charge in [0.05, 0.1) is 18.2 Å². The largest absolute Gasteiger partial charge is 0.497 e. The summed E-state index contributed by atoms with van der Waals surface area (Å²) >= 11 is 3.13. The molecule has 2 N–H and O–H groups in total. The van der Waals surface area contributed by atoms with Gasteiger partial charge in [0.2, 0.25) is 5.91 Å². The molecular formula is C33H57NO4S2. The fraction of sp³-hybridized carbons (Fsp3) is 0.697. The molecule has 0 aromatic heterocycles. The minimum atomic E-state index is 0.0397. The second kappa shape index (κ2) is 26.5. The highest BCUT2D eigenvalue weighted by molar-refractivity contribution is 8.22. The number of benzene rings is 1. The molecule has 1 aromatic rings. The summed E-state index contributed by atoms with van der Waals surface area (Å²) in [6.07, 6.45) is 18.7. The molecule has 5 nitrogen and oxygen atoms in total. The van der Waals surface area contributed by atoms with Crippen LogP contribution in [0.15, 0.2) is 40.6 Å². The first-order chi connectivity index (χ1) is 19.4. The summed E-state index contributed by atoms with van der Waals surface area (Å²) in [6.45, 7) is 8.62. The monoisotopic (exact) mass is 595 g/mol. The molecule has 2 fully saturated rings. The molecular weight excluding hydrogens is 539 g/mol. The van der Waals surface area contributed by atoms with Gasteiger partial charge in [-0.25, -0.2) is 0 Å². The maximum atomic E-state index is 12.1. The molecule has 230 valence electrons. The predicted octanol–water partition coefficient (Wildman–Crippen LogP) is 8.86. The van der Waals surface area contributed by atoms with Gasteiger partial charge in [0, 0.05) is 17.8 Å². The molecule has 0 heterocycles. The minimum Gasteiger partial charge on any atom is -0.497 e. The van der Waals surface area contributed by atoms with Crippen molar-refractivity contribution >= 4 is 35.7 Å². The van der Waals surface area contributed by atoms with E-state index in [0.29, 0.717) is 18.1 Å². The van der Waals surface area contributed by atoms with Gasteiger partial charge in [-0.2, -0.15) is 0 Å². The lowest BCUT2D eigenvalue weighted by Crippen LogP contribution is -2.30. The highest BCUT2D eigenvalue weighted by Gasteiger charge is 2.21. The van der Waals surface area contributed by atoms with E-state index in [1.165, 1.54) is 76.0 Å². The zero-order valence-electron chi connectivity index (χ0n) is 26.0. The average molecular weight is 596 g/mol. The zero-order valence-corrected chi connectivity index (χ0v) is 27.7. The van der Waals surface area contributed by atoms with Crippen LogP contribution in [0.25, 0.3) is 0 Å². The average Bonchev–Trinajstić information content (AvgIpc) is 3.01. The van der Waals surface area contributed by atoms with Gasteiger partial charge >= 0.3 is 0 Å². The Morgan fingerprint density at radius 3 is 2.05 bits per heavy atom. The molecule has 0 spiro atoms. The highest BCUT2D eigenvalue weighted by Crippen LogP contribution is 2.33. The van der Waals surface area contributed by atoms with Crippen molar-refractivity contribution in [1.82, 2.24) is 5.32 Å². The van der Waals surface area contributed by atoms with Crippen LogP contribution >= 0.6 is 23.5 Å². The van der Waals surface area contributed by atoms with Crippen LogP contribution in [0.3, 0.4) is 0 Å². The molecule has 40 heavy (non-hydrogen) atoms. The number of aliphatic hydroxyl groups excluding tert-OH is 1. The zero-order chi connectivity index (χ0) is 30.0. The number of aliphatic hydroxyl groups is 1. The van der Waals surface area contributed by atoms with Crippen LogP contribution in [0.1, 0.15) is 105 Å². The summed E-state index contributed by atoms with van der Waals surface area (Å²) in [4.78, 5) is 22.6. The Balaban J connectivity index is 0.000000718. The van der Waals surface area contributed by atoms with Crippen LogP contribution in [0, 0.1) is 17.8 Å². The van der Waals surface area contributed by atoms with Gasteiger partial charge in [-0.15, -0.1) is 11.8 Å². The van der Waals surface area contributed by atoms with Gasteiger partial charge in [-0.1, -0.05) is 114 Å². The summed E-state index contributed by atoms with van der Waals surface area (Å²) in [5.74, 6) is 4.02. The number of methoxy groups -OCH3 is 1. The molecule has 1 aromatic carbocycles. The highest BCUT2D eigenvalue weighted by atomic mass is 32.2. The van der Waals surface area contributed by atoms with Crippen LogP contribution in [-0.4, -0.2) is 42.6 Å². The van der Waals surface area contributed by atoms with E-state index in [1.807, 2.05) is 50.3 Å². The van der Waals surface area contributed by atoms with Crippen molar-refractivity contribution in [3.63, 3.8) is 0 Å². The van der Waals surface area contributed by atoms with Crippen LogP contribution in [0.4, 0.5) is 0 Å². The van der Waals surface area contributed by atoms with Crippen molar-refractivity contribution in [3.8, 4) is 5.75 Å². The summed E-state index contributed by atoms with van der Waals surface area (Å²) in [6, 6.07) is 9.68. The van der Waals surface area contributed by atoms with E-state index in [1.54, 1.807) is 18.9 Å². The Kier molecular flexibility index (Phi) is 25.5. The summed E-state index contributed by atoms with van der Waals surface area (Å²) in [5, 5.41) is 10.1. The van der Waals surface area contributed by atoms with E-state index >= 15 is 0 Å². The number of hydrogen-bond donors (Lipinski definition) is 2. The molecule has 2 aliphatic carbocycles. The van der Waals surface area contributed by atoms with E-state index in [4.69, 9.17) is 9.84 Å². The molecule has 2 aliphatic rings. The standard InChI is InChI=1S/C18H31NO2S2.C7H8O.C7H14.CH4O/c1-4-18(22-13-12-20)23-15(3)19-17(21)11-10-14(2)16-8-6-5-7-9-16;1-8-7-5-3-2-4-6-7;1-7-5-3-2-4-6-7;1-2/h4,12,14-16H,5-11,13H2,1-3H3,(H,19,21);2-6H,1H3;7H,2-6H2,1H3;2H,1H3/b18-4-;;;. The second-order valence-electron chi connectivity index (χ2n) is 10.6. The molecule has 0 bridgehead atoms. The Morgan fingerprint density at radius 2 is 1.60 bits per heavy atom. The van der Waals surface area contributed by atoms with Crippen molar-refractivity contribution in [1.29, 1.82) is 0 Å². The SMILES string of the molecule is C/C=C(/SCC=O)SC(C)NC(=O)CCC(C)C1CCCCC1.CC1CCCCC1.CO.COc1ccccc1. The summed E-state index contributed by atoms with van der Waals surface area (Å²) in [7, 11) is 2.66. The van der Waals surface area contributed by atoms with E-state index in [-0.39, 0.29) is 11.3 Å². The van der Waals surface area contributed by atoms with Crippen LogP contribution in [-0.2, 0) is 9.59 Å². The van der Waals surface area contributed by atoms with Crippen LogP contribution in [0.5, 0.6) is 5.75 Å². The Bertz CT molecular complexity index is 763. The fourth-order valence-corrected chi connectivity index (χ4v) is 6.95. The van der Waals surface area contributed by atoms with Gasteiger partial charge in [0.25, 0.3) is 0 Å². The molecule has 2 unspecified atom stereocenters. The maximum absolute atomic E-state index is 12.1. The number of nitrogens with one attached hydrogen (secondary N) is 1. The smallest absolute Gasteiger partial charge is 0.220 e. The summed E-state index contributed by atoms with van der Waals surface area (Å²) in [5.41, 5.74) is 0. The van der Waals surface area contributed by atoms with Crippen molar-refractivity contribution in [3.05, 3.63) is 40.6 Å². The molecule has 7 heteroatoms. The molecule has 0 saturated heterocycles. The number of aldehydes is 1. The number of hydrogen-bond acceptors (Lipinski definition) is 6. The van der Waals surface area contributed by atoms with E-state index in [0.717, 1.165) is 41.6 Å². The van der Waals surface area contributed by atoms with Crippen LogP contribution in [0.2, 0.25) is 0 Å². The van der Waals surface area contributed by atoms with E-state index in [9.17, 15) is 9.59 Å². The first kappa shape index (κ1) is 38.6. The first-order valence-electron chi connectivity index (χ1n) is 15.1. The third-order valence-corrected chi connectivity index (χ3v) is 9.75. The molecule has 2 saturated carbocycles. The Morgan fingerprint density at radius 1 is 1.02 bits per heavy atom.